The fourth-order valence-corrected chi connectivity index (χ4v) is 2.95. The molecule has 2 rings (SSSR count). The molecule has 0 saturated heterocycles. The molecule has 106 valence electrons. The molecule has 0 aliphatic rings. The maximum Gasteiger partial charge on any atom is 0.137 e. The van der Waals surface area contributed by atoms with Gasteiger partial charge in [-0.15, -0.1) is 0 Å². The van der Waals surface area contributed by atoms with Crippen molar-refractivity contribution in [2.45, 2.75) is 36.2 Å². The van der Waals surface area contributed by atoms with Crippen LogP contribution in [-0.4, -0.2) is 6.04 Å². The Kier molecular flexibility index (Phi) is 5.64. The van der Waals surface area contributed by atoms with E-state index in [4.69, 9.17) is 0 Å². The molecule has 0 bridgehead atoms. The van der Waals surface area contributed by atoms with Crippen LogP contribution in [0.3, 0.4) is 0 Å². The van der Waals surface area contributed by atoms with E-state index in [1.165, 1.54) is 17.8 Å². The minimum absolute atomic E-state index is 0.166. The van der Waals surface area contributed by atoms with E-state index in [-0.39, 0.29) is 5.82 Å². The highest BCUT2D eigenvalue weighted by atomic mass is 79.9. The van der Waals surface area contributed by atoms with E-state index in [1.807, 2.05) is 30.3 Å². The standard InChI is InChI=1S/C16H17BrFNS/c1-11(2)19-10-12-4-3-5-15(18)16(12)20-14-8-6-13(17)7-9-14/h3-9,11,19H,10H2,1-2H3. The third-order valence-corrected chi connectivity index (χ3v) is 4.48. The zero-order valence-corrected chi connectivity index (χ0v) is 13.9. The maximum absolute atomic E-state index is 14.1. The topological polar surface area (TPSA) is 12.0 Å². The quantitative estimate of drug-likeness (QED) is 0.788. The fraction of sp³-hybridized carbons (Fsp3) is 0.250. The Labute approximate surface area is 132 Å². The highest BCUT2D eigenvalue weighted by Crippen LogP contribution is 2.33. The zero-order chi connectivity index (χ0) is 14.5. The van der Waals surface area contributed by atoms with E-state index >= 15 is 0 Å². The van der Waals surface area contributed by atoms with E-state index in [1.54, 1.807) is 6.07 Å². The normalized spacial score (nSPS) is 11.1. The molecular formula is C16H17BrFNS. The average molecular weight is 354 g/mol. The molecule has 0 aromatic heterocycles. The van der Waals surface area contributed by atoms with Gasteiger partial charge in [0, 0.05) is 22.0 Å². The van der Waals surface area contributed by atoms with Gasteiger partial charge in [-0.05, 0) is 35.9 Å². The van der Waals surface area contributed by atoms with Crippen molar-refractivity contribution in [1.29, 1.82) is 0 Å². The summed E-state index contributed by atoms with van der Waals surface area (Å²) in [6.07, 6.45) is 0. The molecule has 1 nitrogen and oxygen atoms in total. The summed E-state index contributed by atoms with van der Waals surface area (Å²) in [5, 5.41) is 3.34. The van der Waals surface area contributed by atoms with Crippen LogP contribution in [0.25, 0.3) is 0 Å². The first-order valence-corrected chi connectivity index (χ1v) is 8.11. The minimum Gasteiger partial charge on any atom is -0.310 e. The Morgan fingerprint density at radius 1 is 1.15 bits per heavy atom. The summed E-state index contributed by atoms with van der Waals surface area (Å²) in [4.78, 5) is 1.73. The van der Waals surface area contributed by atoms with Crippen molar-refractivity contribution in [3.63, 3.8) is 0 Å². The molecule has 4 heteroatoms. The first-order chi connectivity index (χ1) is 9.56. The molecule has 1 N–H and O–H groups in total. The Balaban J connectivity index is 2.23. The molecule has 0 fully saturated rings. The molecule has 2 aromatic rings. The number of benzene rings is 2. The summed E-state index contributed by atoms with van der Waals surface area (Å²) in [5.74, 6) is -0.166. The maximum atomic E-state index is 14.1. The van der Waals surface area contributed by atoms with Gasteiger partial charge in [0.25, 0.3) is 0 Å². The Bertz CT molecular complexity index is 569. The lowest BCUT2D eigenvalue weighted by atomic mass is 10.2. The molecular weight excluding hydrogens is 337 g/mol. The summed E-state index contributed by atoms with van der Waals surface area (Å²) < 4.78 is 15.1. The van der Waals surface area contributed by atoms with E-state index in [9.17, 15) is 4.39 Å². The fourth-order valence-electron chi connectivity index (χ4n) is 1.74. The highest BCUT2D eigenvalue weighted by molar-refractivity contribution is 9.10. The monoisotopic (exact) mass is 353 g/mol. The average Bonchev–Trinajstić information content (AvgIpc) is 2.41. The van der Waals surface area contributed by atoms with Crippen LogP contribution in [0, 0.1) is 5.82 Å². The number of hydrogen-bond acceptors (Lipinski definition) is 2. The van der Waals surface area contributed by atoms with Crippen molar-refractivity contribution in [2.75, 3.05) is 0 Å². The lowest BCUT2D eigenvalue weighted by molar-refractivity contribution is 0.564. The SMILES string of the molecule is CC(C)NCc1cccc(F)c1Sc1ccc(Br)cc1. The van der Waals surface area contributed by atoms with E-state index < -0.39 is 0 Å². The van der Waals surface area contributed by atoms with Gasteiger partial charge in [0.1, 0.15) is 5.82 Å². The minimum atomic E-state index is -0.166. The molecule has 0 amide bonds. The predicted octanol–water partition coefficient (Wildman–Crippen LogP) is 5.24. The van der Waals surface area contributed by atoms with E-state index in [2.05, 4.69) is 35.1 Å². The van der Waals surface area contributed by atoms with Gasteiger partial charge in [-0.2, -0.15) is 0 Å². The lowest BCUT2D eigenvalue weighted by Crippen LogP contribution is -2.22. The van der Waals surface area contributed by atoms with Crippen molar-refractivity contribution in [2.24, 2.45) is 0 Å². The van der Waals surface area contributed by atoms with Crippen LogP contribution in [0.15, 0.2) is 56.7 Å². The lowest BCUT2D eigenvalue weighted by Gasteiger charge is -2.13. The van der Waals surface area contributed by atoms with Crippen LogP contribution in [0.4, 0.5) is 4.39 Å². The summed E-state index contributed by atoms with van der Waals surface area (Å²) in [5.41, 5.74) is 0.992. The number of nitrogens with one attached hydrogen (secondary N) is 1. The molecule has 0 unspecified atom stereocenters. The van der Waals surface area contributed by atoms with Crippen molar-refractivity contribution in [3.05, 3.63) is 58.3 Å². The molecule has 0 radical (unpaired) electrons. The van der Waals surface area contributed by atoms with Gasteiger partial charge in [-0.3, -0.25) is 0 Å². The van der Waals surface area contributed by atoms with Gasteiger partial charge < -0.3 is 5.32 Å². The largest absolute Gasteiger partial charge is 0.310 e. The highest BCUT2D eigenvalue weighted by Gasteiger charge is 2.10. The van der Waals surface area contributed by atoms with Crippen LogP contribution in [0.1, 0.15) is 19.4 Å². The van der Waals surface area contributed by atoms with Crippen LogP contribution < -0.4 is 5.32 Å². The smallest absolute Gasteiger partial charge is 0.137 e. The second-order valence-corrected chi connectivity index (χ2v) is 6.82. The molecule has 20 heavy (non-hydrogen) atoms. The second kappa shape index (κ2) is 7.25. The first kappa shape index (κ1) is 15.5. The summed E-state index contributed by atoms with van der Waals surface area (Å²) >= 11 is 4.87. The molecule has 0 aliphatic carbocycles. The van der Waals surface area contributed by atoms with Crippen molar-refractivity contribution in [1.82, 2.24) is 5.32 Å². The number of rotatable bonds is 5. The summed E-state index contributed by atoms with van der Waals surface area (Å²) in [6, 6.07) is 13.5. The van der Waals surface area contributed by atoms with Crippen LogP contribution in [-0.2, 0) is 6.54 Å². The van der Waals surface area contributed by atoms with Crippen LogP contribution in [0.5, 0.6) is 0 Å². The number of halogens is 2. The Morgan fingerprint density at radius 2 is 1.85 bits per heavy atom. The van der Waals surface area contributed by atoms with Crippen molar-refractivity contribution < 1.29 is 4.39 Å². The zero-order valence-electron chi connectivity index (χ0n) is 11.5. The Hall–Kier alpha value is -0.840. The van der Waals surface area contributed by atoms with E-state index in [0.717, 1.165) is 14.9 Å². The van der Waals surface area contributed by atoms with Gasteiger partial charge in [0.15, 0.2) is 0 Å². The second-order valence-electron chi connectivity index (χ2n) is 4.82. The Morgan fingerprint density at radius 3 is 2.50 bits per heavy atom. The molecule has 0 aliphatic heterocycles. The summed E-state index contributed by atoms with van der Waals surface area (Å²) in [6.45, 7) is 4.84. The third kappa shape index (κ3) is 4.33. The van der Waals surface area contributed by atoms with Gasteiger partial charge in [-0.1, -0.05) is 53.7 Å². The van der Waals surface area contributed by atoms with Gasteiger partial charge in [0.2, 0.25) is 0 Å². The third-order valence-electron chi connectivity index (χ3n) is 2.78. The summed E-state index contributed by atoms with van der Waals surface area (Å²) in [7, 11) is 0. The van der Waals surface area contributed by atoms with Crippen molar-refractivity contribution >= 4 is 27.7 Å². The molecule has 0 heterocycles. The molecule has 0 atom stereocenters. The molecule has 2 aromatic carbocycles. The van der Waals surface area contributed by atoms with Crippen LogP contribution in [0.2, 0.25) is 0 Å². The molecule has 0 spiro atoms. The van der Waals surface area contributed by atoms with E-state index in [0.29, 0.717) is 17.5 Å². The number of hydrogen-bond donors (Lipinski definition) is 1. The van der Waals surface area contributed by atoms with Crippen LogP contribution >= 0.6 is 27.7 Å². The van der Waals surface area contributed by atoms with Crippen molar-refractivity contribution in [3.8, 4) is 0 Å². The van der Waals surface area contributed by atoms with Gasteiger partial charge >= 0.3 is 0 Å². The molecule has 0 saturated carbocycles. The predicted molar refractivity (Wildman–Crippen MR) is 86.6 cm³/mol. The van der Waals surface area contributed by atoms with Gasteiger partial charge in [-0.25, -0.2) is 4.39 Å². The van der Waals surface area contributed by atoms with Gasteiger partial charge in [0.05, 0.1) is 4.90 Å². The first-order valence-electron chi connectivity index (χ1n) is 6.50.